The number of likely N-dealkylation sites (tertiary alicyclic amines) is 1. The molecule has 0 aromatic rings. The maximum Gasteiger partial charge on any atom is 0.249 e. The number of nitrogens with zero attached hydrogens (tertiary/aromatic N) is 1. The Morgan fingerprint density at radius 3 is 2.67 bits per heavy atom. The van der Waals surface area contributed by atoms with Crippen LogP contribution in [0.5, 0.6) is 0 Å². The second kappa shape index (κ2) is 6.11. The summed E-state index contributed by atoms with van der Waals surface area (Å²) in [6.07, 6.45) is -0.488. The van der Waals surface area contributed by atoms with Crippen LogP contribution in [0.4, 0.5) is 0 Å². The standard InChI is InChI=1S/C12H16ClNO4/c1-7(2)9(15)4-3-5-10(16)14-11(17)6-8(13)12(14)18/h8,10,16H,1,3-6H2,2H3. The summed E-state index contributed by atoms with van der Waals surface area (Å²) in [6.45, 7) is 5.13. The Hall–Kier alpha value is -1.20. The molecule has 1 aliphatic heterocycles. The number of hydrogen-bond acceptors (Lipinski definition) is 4. The molecule has 1 N–H and O–H groups in total. The number of aliphatic hydroxyl groups is 1. The normalized spacial score (nSPS) is 21.3. The number of Topliss-reactive ketones (excluding diaryl/α,β-unsaturated/α-hetero) is 1. The number of allylic oxidation sites excluding steroid dienone is 1. The second-order valence-corrected chi connectivity index (χ2v) is 4.88. The summed E-state index contributed by atoms with van der Waals surface area (Å²) >= 11 is 5.63. The maximum absolute atomic E-state index is 11.5. The van der Waals surface area contributed by atoms with Crippen molar-refractivity contribution < 1.29 is 19.5 Å². The summed E-state index contributed by atoms with van der Waals surface area (Å²) < 4.78 is 0. The first-order chi connectivity index (χ1) is 8.34. The molecule has 2 atom stereocenters. The largest absolute Gasteiger partial charge is 0.373 e. The number of amides is 2. The summed E-state index contributed by atoms with van der Waals surface area (Å²) in [5.41, 5.74) is 0.457. The first kappa shape index (κ1) is 14.9. The number of halogens is 1. The van der Waals surface area contributed by atoms with Gasteiger partial charge in [0.25, 0.3) is 0 Å². The van der Waals surface area contributed by atoms with Crippen LogP contribution in [-0.2, 0) is 14.4 Å². The van der Waals surface area contributed by atoms with Crippen LogP contribution < -0.4 is 0 Å². The highest BCUT2D eigenvalue weighted by atomic mass is 35.5. The first-order valence-corrected chi connectivity index (χ1v) is 6.15. The molecule has 5 nitrogen and oxygen atoms in total. The molecular weight excluding hydrogens is 258 g/mol. The number of hydrogen-bond donors (Lipinski definition) is 1. The molecule has 18 heavy (non-hydrogen) atoms. The van der Waals surface area contributed by atoms with E-state index in [0.717, 1.165) is 4.90 Å². The summed E-state index contributed by atoms with van der Waals surface area (Å²) in [6, 6.07) is 0. The van der Waals surface area contributed by atoms with Gasteiger partial charge in [-0.05, 0) is 25.3 Å². The molecule has 0 bridgehead atoms. The first-order valence-electron chi connectivity index (χ1n) is 5.71. The van der Waals surface area contributed by atoms with Gasteiger partial charge in [-0.15, -0.1) is 11.6 Å². The Balaban J connectivity index is 2.44. The number of alkyl halides is 1. The van der Waals surface area contributed by atoms with Gasteiger partial charge in [0.2, 0.25) is 11.8 Å². The van der Waals surface area contributed by atoms with Gasteiger partial charge in [0, 0.05) is 6.42 Å². The van der Waals surface area contributed by atoms with Gasteiger partial charge in [-0.25, -0.2) is 0 Å². The molecule has 0 aromatic heterocycles. The highest BCUT2D eigenvalue weighted by Gasteiger charge is 2.40. The minimum atomic E-state index is -1.20. The molecule has 1 aliphatic rings. The minimum Gasteiger partial charge on any atom is -0.373 e. The number of carbonyl (C=O) groups is 3. The van der Waals surface area contributed by atoms with Gasteiger partial charge in [0.15, 0.2) is 5.78 Å². The van der Waals surface area contributed by atoms with E-state index < -0.39 is 23.4 Å². The van der Waals surface area contributed by atoms with Crippen molar-refractivity contribution >= 4 is 29.2 Å². The lowest BCUT2D eigenvalue weighted by Gasteiger charge is -2.20. The van der Waals surface area contributed by atoms with Crippen LogP contribution >= 0.6 is 11.6 Å². The fourth-order valence-electron chi connectivity index (χ4n) is 1.71. The van der Waals surface area contributed by atoms with Crippen LogP contribution in [0.1, 0.15) is 32.6 Å². The number of ketones is 1. The molecule has 2 unspecified atom stereocenters. The molecule has 0 spiro atoms. The lowest BCUT2D eigenvalue weighted by atomic mass is 10.1. The summed E-state index contributed by atoms with van der Waals surface area (Å²) in [4.78, 5) is 35.0. The Labute approximate surface area is 110 Å². The van der Waals surface area contributed by atoms with Crippen LogP contribution in [0.25, 0.3) is 0 Å². The lowest BCUT2D eigenvalue weighted by molar-refractivity contribution is -0.149. The van der Waals surface area contributed by atoms with E-state index in [1.807, 2.05) is 0 Å². The van der Waals surface area contributed by atoms with Crippen molar-refractivity contribution in [1.29, 1.82) is 0 Å². The summed E-state index contributed by atoms with van der Waals surface area (Å²) in [7, 11) is 0. The minimum absolute atomic E-state index is 0.0812. The van der Waals surface area contributed by atoms with E-state index >= 15 is 0 Å². The van der Waals surface area contributed by atoms with Gasteiger partial charge < -0.3 is 5.11 Å². The van der Waals surface area contributed by atoms with Crippen LogP contribution in [0.3, 0.4) is 0 Å². The third-order valence-corrected chi connectivity index (χ3v) is 3.11. The van der Waals surface area contributed by atoms with Gasteiger partial charge in [0.1, 0.15) is 11.6 Å². The van der Waals surface area contributed by atoms with E-state index in [-0.39, 0.29) is 25.0 Å². The van der Waals surface area contributed by atoms with Gasteiger partial charge in [-0.1, -0.05) is 6.58 Å². The topological polar surface area (TPSA) is 74.7 Å². The lowest BCUT2D eigenvalue weighted by Crippen LogP contribution is -2.40. The van der Waals surface area contributed by atoms with Crippen molar-refractivity contribution in [2.45, 2.75) is 44.2 Å². The average molecular weight is 274 g/mol. The zero-order chi connectivity index (χ0) is 13.9. The fraction of sp³-hybridized carbons (Fsp3) is 0.583. The van der Waals surface area contributed by atoms with Crippen molar-refractivity contribution in [1.82, 2.24) is 4.90 Å². The van der Waals surface area contributed by atoms with Crippen LogP contribution in [0.15, 0.2) is 12.2 Å². The predicted octanol–water partition coefficient (Wildman–Crippen LogP) is 0.987. The van der Waals surface area contributed by atoms with E-state index in [9.17, 15) is 19.5 Å². The third-order valence-electron chi connectivity index (χ3n) is 2.77. The second-order valence-electron chi connectivity index (χ2n) is 4.35. The molecule has 1 rings (SSSR count). The molecule has 0 radical (unpaired) electrons. The van der Waals surface area contributed by atoms with Crippen LogP contribution in [0.2, 0.25) is 0 Å². The SMILES string of the molecule is C=C(C)C(=O)CCCC(O)N1C(=O)CC(Cl)C1=O. The summed E-state index contributed by atoms with van der Waals surface area (Å²) in [5, 5.41) is 8.87. The van der Waals surface area contributed by atoms with Crippen molar-refractivity contribution in [3.8, 4) is 0 Å². The number of aliphatic hydroxyl groups excluding tert-OH is 1. The molecule has 1 fully saturated rings. The monoisotopic (exact) mass is 273 g/mol. The quantitative estimate of drug-likeness (QED) is 0.445. The zero-order valence-corrected chi connectivity index (χ0v) is 10.9. The van der Waals surface area contributed by atoms with Crippen molar-refractivity contribution in [2.24, 2.45) is 0 Å². The third kappa shape index (κ3) is 3.40. The van der Waals surface area contributed by atoms with Crippen LogP contribution in [0, 0.1) is 0 Å². The maximum atomic E-state index is 11.5. The molecular formula is C12H16ClNO4. The van der Waals surface area contributed by atoms with Gasteiger partial charge in [-0.3, -0.25) is 19.3 Å². The van der Waals surface area contributed by atoms with E-state index in [1.165, 1.54) is 0 Å². The average Bonchev–Trinajstić information content (AvgIpc) is 2.52. The van der Waals surface area contributed by atoms with E-state index in [4.69, 9.17) is 11.6 Å². The molecule has 2 amide bonds. The highest BCUT2D eigenvalue weighted by molar-refractivity contribution is 6.35. The number of carbonyl (C=O) groups excluding carboxylic acids is 3. The van der Waals surface area contributed by atoms with E-state index in [2.05, 4.69) is 6.58 Å². The van der Waals surface area contributed by atoms with E-state index in [0.29, 0.717) is 12.0 Å². The Bertz CT molecular complexity index is 394. The molecule has 6 heteroatoms. The molecule has 0 saturated carbocycles. The van der Waals surface area contributed by atoms with Crippen molar-refractivity contribution in [2.75, 3.05) is 0 Å². The van der Waals surface area contributed by atoms with Crippen molar-refractivity contribution in [3.05, 3.63) is 12.2 Å². The molecule has 100 valence electrons. The Kier molecular flexibility index (Phi) is 5.04. The smallest absolute Gasteiger partial charge is 0.249 e. The number of imide groups is 1. The van der Waals surface area contributed by atoms with E-state index in [1.54, 1.807) is 6.92 Å². The van der Waals surface area contributed by atoms with Gasteiger partial charge in [0.05, 0.1) is 6.42 Å². The predicted molar refractivity (Wildman–Crippen MR) is 65.8 cm³/mol. The Morgan fingerprint density at radius 1 is 1.61 bits per heavy atom. The highest BCUT2D eigenvalue weighted by Crippen LogP contribution is 2.22. The molecule has 1 heterocycles. The fourth-order valence-corrected chi connectivity index (χ4v) is 1.95. The zero-order valence-electron chi connectivity index (χ0n) is 10.2. The molecule has 0 aromatic carbocycles. The van der Waals surface area contributed by atoms with Crippen molar-refractivity contribution in [3.63, 3.8) is 0 Å². The molecule has 0 aliphatic carbocycles. The molecule has 1 saturated heterocycles. The van der Waals surface area contributed by atoms with Crippen LogP contribution in [-0.4, -0.2) is 39.2 Å². The Morgan fingerprint density at radius 2 is 2.22 bits per heavy atom. The van der Waals surface area contributed by atoms with Gasteiger partial charge >= 0.3 is 0 Å². The van der Waals surface area contributed by atoms with Gasteiger partial charge in [-0.2, -0.15) is 0 Å². The summed E-state index contributed by atoms with van der Waals surface area (Å²) in [5.74, 6) is -1.13. The number of rotatable bonds is 6.